The number of halogens is 2. The molecular formula is C33H30F2N6O2. The number of aromatic amines is 1. The van der Waals surface area contributed by atoms with Gasteiger partial charge in [-0.1, -0.05) is 49.4 Å². The summed E-state index contributed by atoms with van der Waals surface area (Å²) >= 11 is 0. The van der Waals surface area contributed by atoms with E-state index < -0.39 is 17.0 Å². The normalized spacial score (nSPS) is 17.0. The number of aromatic nitrogens is 6. The number of fused-ring (bicyclic) bond motifs is 10. The van der Waals surface area contributed by atoms with Crippen molar-refractivity contribution in [2.75, 3.05) is 13.2 Å². The van der Waals surface area contributed by atoms with E-state index in [0.717, 1.165) is 16.6 Å². The monoisotopic (exact) mass is 580 g/mol. The molecule has 3 aromatic heterocycles. The smallest absolute Gasteiger partial charge is 0.168 e. The Labute approximate surface area is 246 Å². The van der Waals surface area contributed by atoms with Crippen LogP contribution in [0, 0.1) is 11.6 Å². The largest absolute Gasteiger partial charge is 0.454 e. The number of nitrogens with one attached hydrogen (secondary N) is 1. The fraction of sp³-hybridized carbons (Fsp3) is 0.242. The maximum atomic E-state index is 15.6. The standard InChI is InChI=1S/C33H30F2N6O2/c1-33(2)20-42-15-12-30(21-6-4-3-5-7-21)41-14-11-28(38-41)24-16-22(8-9-26(24)34)43-32-25(18-40-19-31(33)37-39-40)23-10-13-36-29(23)17-27(32)35/h3-11,13-14,16-17,19,30,36H,12,15,18,20H2,1-2H3. The molecule has 0 radical (unpaired) electrons. The van der Waals surface area contributed by atoms with Crippen molar-refractivity contribution in [3.05, 3.63) is 114 Å². The summed E-state index contributed by atoms with van der Waals surface area (Å²) in [6.45, 7) is 5.22. The van der Waals surface area contributed by atoms with Crippen LogP contribution in [0.15, 0.2) is 85.3 Å². The van der Waals surface area contributed by atoms with E-state index in [2.05, 4.69) is 29.1 Å². The number of nitrogens with zero attached hydrogens (tertiary/aromatic N) is 5. The van der Waals surface area contributed by atoms with E-state index in [0.29, 0.717) is 36.4 Å². The summed E-state index contributed by atoms with van der Waals surface area (Å²) in [7, 11) is 0. The third-order valence-corrected chi connectivity index (χ3v) is 7.96. The van der Waals surface area contributed by atoms with Crippen LogP contribution in [0.5, 0.6) is 11.5 Å². The van der Waals surface area contributed by atoms with E-state index in [-0.39, 0.29) is 29.6 Å². The zero-order valence-corrected chi connectivity index (χ0v) is 23.8. The maximum absolute atomic E-state index is 15.6. The van der Waals surface area contributed by atoms with Crippen LogP contribution < -0.4 is 4.74 Å². The van der Waals surface area contributed by atoms with Crippen LogP contribution in [0.1, 0.15) is 43.1 Å². The molecule has 6 bridgehead atoms. The van der Waals surface area contributed by atoms with Crippen LogP contribution in [0.4, 0.5) is 8.78 Å². The van der Waals surface area contributed by atoms with Crippen LogP contribution in [0.25, 0.3) is 22.2 Å². The van der Waals surface area contributed by atoms with Gasteiger partial charge in [0.15, 0.2) is 11.6 Å². The molecule has 43 heavy (non-hydrogen) atoms. The van der Waals surface area contributed by atoms with Gasteiger partial charge in [0.2, 0.25) is 0 Å². The second kappa shape index (κ2) is 10.8. The third kappa shape index (κ3) is 5.18. The van der Waals surface area contributed by atoms with Gasteiger partial charge in [0.1, 0.15) is 11.6 Å². The topological polar surface area (TPSA) is 82.8 Å². The van der Waals surface area contributed by atoms with Gasteiger partial charge in [0, 0.05) is 58.7 Å². The summed E-state index contributed by atoms with van der Waals surface area (Å²) < 4.78 is 46.7. The van der Waals surface area contributed by atoms with Gasteiger partial charge in [0.25, 0.3) is 0 Å². The van der Waals surface area contributed by atoms with E-state index in [1.54, 1.807) is 23.0 Å². The molecule has 7 rings (SSSR count). The molecule has 1 N–H and O–H groups in total. The summed E-state index contributed by atoms with van der Waals surface area (Å²) in [5.41, 5.74) is 3.31. The van der Waals surface area contributed by atoms with Crippen molar-refractivity contribution >= 4 is 10.9 Å². The summed E-state index contributed by atoms with van der Waals surface area (Å²) in [5, 5.41) is 14.4. The first-order chi connectivity index (χ1) is 20.9. The molecule has 0 aliphatic carbocycles. The van der Waals surface area contributed by atoms with Gasteiger partial charge in [-0.3, -0.25) is 4.68 Å². The summed E-state index contributed by atoms with van der Waals surface area (Å²) in [6.07, 6.45) is 6.11. The lowest BCUT2D eigenvalue weighted by molar-refractivity contribution is 0.0853. The summed E-state index contributed by atoms with van der Waals surface area (Å²) in [5.74, 6) is -0.683. The Morgan fingerprint density at radius 3 is 2.72 bits per heavy atom. The first-order valence-corrected chi connectivity index (χ1v) is 14.2. The van der Waals surface area contributed by atoms with Crippen LogP contribution in [-0.2, 0) is 16.7 Å². The zero-order chi connectivity index (χ0) is 29.6. The Morgan fingerprint density at radius 2 is 1.86 bits per heavy atom. The lowest BCUT2D eigenvalue weighted by Gasteiger charge is -2.23. The van der Waals surface area contributed by atoms with Crippen molar-refractivity contribution in [1.82, 2.24) is 29.8 Å². The van der Waals surface area contributed by atoms with Gasteiger partial charge in [0.05, 0.1) is 30.6 Å². The average molecular weight is 581 g/mol. The number of ether oxygens (including phenoxy) is 2. The number of hydrogen-bond acceptors (Lipinski definition) is 5. The Morgan fingerprint density at radius 1 is 1.00 bits per heavy atom. The second-order valence-corrected chi connectivity index (χ2v) is 11.5. The van der Waals surface area contributed by atoms with Gasteiger partial charge < -0.3 is 14.5 Å². The van der Waals surface area contributed by atoms with Gasteiger partial charge in [-0.2, -0.15) is 5.10 Å². The summed E-state index contributed by atoms with van der Waals surface area (Å²) in [6, 6.07) is 19.3. The van der Waals surface area contributed by atoms with Gasteiger partial charge in [-0.05, 0) is 42.3 Å². The Kier molecular flexibility index (Phi) is 6.78. The quantitative estimate of drug-likeness (QED) is 0.226. The molecule has 0 amide bonds. The van der Waals surface area contributed by atoms with Crippen LogP contribution in [0.2, 0.25) is 0 Å². The third-order valence-electron chi connectivity index (χ3n) is 7.96. The molecule has 6 aromatic rings. The number of H-pyrrole nitrogens is 1. The van der Waals surface area contributed by atoms with Crippen LogP contribution in [0.3, 0.4) is 0 Å². The molecule has 1 unspecified atom stereocenters. The van der Waals surface area contributed by atoms with Crippen molar-refractivity contribution in [2.24, 2.45) is 0 Å². The number of benzene rings is 3. The molecule has 1 aliphatic rings. The van der Waals surface area contributed by atoms with E-state index in [4.69, 9.17) is 14.6 Å². The fourth-order valence-electron chi connectivity index (χ4n) is 5.60. The summed E-state index contributed by atoms with van der Waals surface area (Å²) in [4.78, 5) is 3.07. The Bertz CT molecular complexity index is 1910. The number of hydrogen-bond donors (Lipinski definition) is 1. The second-order valence-electron chi connectivity index (χ2n) is 11.5. The first kappa shape index (κ1) is 27.0. The molecule has 0 saturated carbocycles. The molecule has 3 aromatic carbocycles. The fourth-order valence-corrected chi connectivity index (χ4v) is 5.60. The zero-order valence-electron chi connectivity index (χ0n) is 23.8. The molecule has 0 saturated heterocycles. The predicted molar refractivity (Wildman–Crippen MR) is 158 cm³/mol. The van der Waals surface area contributed by atoms with E-state index in [1.165, 1.54) is 18.2 Å². The molecule has 4 heterocycles. The maximum Gasteiger partial charge on any atom is 0.168 e. The Hall–Kier alpha value is -4.83. The van der Waals surface area contributed by atoms with Crippen molar-refractivity contribution in [3.8, 4) is 22.8 Å². The first-order valence-electron chi connectivity index (χ1n) is 14.2. The van der Waals surface area contributed by atoms with Crippen molar-refractivity contribution in [2.45, 2.75) is 38.3 Å². The molecule has 0 spiro atoms. The van der Waals surface area contributed by atoms with Crippen molar-refractivity contribution in [3.63, 3.8) is 0 Å². The van der Waals surface area contributed by atoms with Crippen LogP contribution >= 0.6 is 0 Å². The lowest BCUT2D eigenvalue weighted by Crippen LogP contribution is -2.26. The van der Waals surface area contributed by atoms with Crippen LogP contribution in [-0.4, -0.2) is 43.0 Å². The minimum Gasteiger partial charge on any atom is -0.454 e. The highest BCUT2D eigenvalue weighted by molar-refractivity contribution is 5.85. The molecule has 1 atom stereocenters. The number of rotatable bonds is 1. The SMILES string of the molecule is CC1(C)COCCC(c2ccccc2)n2ccc(n2)-c2cc(ccc2F)Oc2c(F)cc3[nH]ccc3c2Cn2cc1nn2. The Balaban J connectivity index is 1.36. The average Bonchev–Trinajstić information content (AvgIpc) is 3.77. The van der Waals surface area contributed by atoms with E-state index >= 15 is 8.78 Å². The molecule has 1 aliphatic heterocycles. The van der Waals surface area contributed by atoms with Crippen molar-refractivity contribution < 1.29 is 18.3 Å². The van der Waals surface area contributed by atoms with Crippen molar-refractivity contribution in [1.29, 1.82) is 0 Å². The van der Waals surface area contributed by atoms with Gasteiger partial charge in [-0.25, -0.2) is 13.5 Å². The highest BCUT2D eigenvalue weighted by Gasteiger charge is 2.27. The molecule has 8 nitrogen and oxygen atoms in total. The molecular weight excluding hydrogens is 550 g/mol. The van der Waals surface area contributed by atoms with Gasteiger partial charge in [-0.15, -0.1) is 5.10 Å². The molecule has 218 valence electrons. The van der Waals surface area contributed by atoms with E-state index in [9.17, 15) is 0 Å². The minimum atomic E-state index is -0.550. The van der Waals surface area contributed by atoms with Gasteiger partial charge >= 0.3 is 0 Å². The van der Waals surface area contributed by atoms with E-state index in [1.807, 2.05) is 53.5 Å². The highest BCUT2D eigenvalue weighted by atomic mass is 19.1. The molecule has 0 fully saturated rings. The highest BCUT2D eigenvalue weighted by Crippen LogP contribution is 2.37. The predicted octanol–water partition coefficient (Wildman–Crippen LogP) is 7.03. The molecule has 10 heteroatoms. The minimum absolute atomic E-state index is 0.0388. The lowest BCUT2D eigenvalue weighted by atomic mass is 9.91.